The van der Waals surface area contributed by atoms with Crippen molar-refractivity contribution < 1.29 is 4.79 Å². The second kappa shape index (κ2) is 5.00. The first kappa shape index (κ1) is 12.7. The molecule has 1 aromatic carbocycles. The predicted octanol–water partition coefficient (Wildman–Crippen LogP) is 1.53. The van der Waals surface area contributed by atoms with Crippen molar-refractivity contribution in [3.8, 4) is 0 Å². The van der Waals surface area contributed by atoms with Gasteiger partial charge in [0.2, 0.25) is 5.91 Å². The van der Waals surface area contributed by atoms with Gasteiger partial charge < -0.3 is 16.0 Å². The van der Waals surface area contributed by atoms with E-state index in [0.29, 0.717) is 0 Å². The summed E-state index contributed by atoms with van der Waals surface area (Å²) in [5, 5.41) is 4.73. The van der Waals surface area contributed by atoms with Gasteiger partial charge in [0.1, 0.15) is 6.04 Å². The number of amides is 1. The molecule has 0 saturated carbocycles. The Bertz CT molecular complexity index is 655. The van der Waals surface area contributed by atoms with Gasteiger partial charge >= 0.3 is 0 Å². The molecular formula is C15H18N4O. The number of anilines is 2. The van der Waals surface area contributed by atoms with Crippen LogP contribution >= 0.6 is 0 Å². The zero-order chi connectivity index (χ0) is 14.1. The number of rotatable bonds is 2. The van der Waals surface area contributed by atoms with Crippen molar-refractivity contribution in [1.29, 1.82) is 0 Å². The molecule has 0 radical (unpaired) electrons. The molecular weight excluding hydrogens is 252 g/mol. The summed E-state index contributed by atoms with van der Waals surface area (Å²) in [6.45, 7) is 0.881. The summed E-state index contributed by atoms with van der Waals surface area (Å²) in [4.78, 5) is 18.4. The topological polar surface area (TPSA) is 71.2 Å². The van der Waals surface area contributed by atoms with E-state index >= 15 is 0 Å². The van der Waals surface area contributed by atoms with Crippen LogP contribution < -0.4 is 16.0 Å². The number of aromatic nitrogens is 1. The summed E-state index contributed by atoms with van der Waals surface area (Å²) >= 11 is 0. The van der Waals surface area contributed by atoms with E-state index in [0.717, 1.165) is 41.5 Å². The van der Waals surface area contributed by atoms with Crippen LogP contribution in [0.1, 0.15) is 12.8 Å². The van der Waals surface area contributed by atoms with Crippen LogP contribution in [0.5, 0.6) is 0 Å². The Balaban J connectivity index is 2.10. The van der Waals surface area contributed by atoms with Crippen LogP contribution in [-0.4, -0.2) is 30.5 Å². The molecule has 5 heteroatoms. The van der Waals surface area contributed by atoms with Crippen molar-refractivity contribution in [1.82, 2.24) is 10.3 Å². The minimum atomic E-state index is -0.105. The summed E-state index contributed by atoms with van der Waals surface area (Å²) in [7, 11) is 1.68. The monoisotopic (exact) mass is 270 g/mol. The number of likely N-dealkylation sites (N-methyl/N-ethyl adjacent to an activating group) is 1. The average molecular weight is 270 g/mol. The maximum atomic E-state index is 12.0. The van der Waals surface area contributed by atoms with E-state index in [-0.39, 0.29) is 11.9 Å². The normalized spacial score (nSPS) is 18.4. The van der Waals surface area contributed by atoms with Gasteiger partial charge in [-0.2, -0.15) is 0 Å². The Morgan fingerprint density at radius 3 is 3.05 bits per heavy atom. The van der Waals surface area contributed by atoms with Crippen molar-refractivity contribution >= 4 is 28.1 Å². The summed E-state index contributed by atoms with van der Waals surface area (Å²) < 4.78 is 0. The van der Waals surface area contributed by atoms with Gasteiger partial charge in [-0.3, -0.25) is 9.78 Å². The molecule has 1 aliphatic heterocycles. The summed E-state index contributed by atoms with van der Waals surface area (Å²) in [6, 6.07) is 5.70. The number of fused-ring (bicyclic) bond motifs is 1. The van der Waals surface area contributed by atoms with Gasteiger partial charge in [0.05, 0.1) is 0 Å². The van der Waals surface area contributed by atoms with E-state index in [9.17, 15) is 4.79 Å². The number of carbonyl (C=O) groups excluding carboxylic acids is 1. The number of nitrogens with zero attached hydrogens (tertiary/aromatic N) is 2. The van der Waals surface area contributed by atoms with Crippen LogP contribution in [0.2, 0.25) is 0 Å². The van der Waals surface area contributed by atoms with Crippen LogP contribution in [0.25, 0.3) is 10.8 Å². The van der Waals surface area contributed by atoms with Gasteiger partial charge in [-0.25, -0.2) is 0 Å². The van der Waals surface area contributed by atoms with Crippen molar-refractivity contribution in [3.63, 3.8) is 0 Å². The Morgan fingerprint density at radius 1 is 1.40 bits per heavy atom. The highest BCUT2D eigenvalue weighted by molar-refractivity contribution is 6.02. The Labute approximate surface area is 117 Å². The van der Waals surface area contributed by atoms with Crippen molar-refractivity contribution in [3.05, 3.63) is 30.6 Å². The van der Waals surface area contributed by atoms with Gasteiger partial charge in [-0.1, -0.05) is 0 Å². The van der Waals surface area contributed by atoms with Crippen LogP contribution in [0.3, 0.4) is 0 Å². The summed E-state index contributed by atoms with van der Waals surface area (Å²) in [6.07, 6.45) is 5.46. The van der Waals surface area contributed by atoms with Gasteiger partial charge in [-0.05, 0) is 31.0 Å². The fourth-order valence-corrected chi connectivity index (χ4v) is 2.94. The minimum absolute atomic E-state index is 0.0661. The van der Waals surface area contributed by atoms with E-state index in [1.807, 2.05) is 24.4 Å². The van der Waals surface area contributed by atoms with Gasteiger partial charge in [0, 0.05) is 48.1 Å². The molecule has 1 saturated heterocycles. The highest BCUT2D eigenvalue weighted by atomic mass is 16.2. The lowest BCUT2D eigenvalue weighted by atomic mass is 10.1. The van der Waals surface area contributed by atoms with E-state index < -0.39 is 0 Å². The van der Waals surface area contributed by atoms with Crippen molar-refractivity contribution in [2.75, 3.05) is 24.2 Å². The van der Waals surface area contributed by atoms with Crippen LogP contribution in [-0.2, 0) is 4.79 Å². The number of pyridine rings is 1. The van der Waals surface area contributed by atoms with E-state index in [1.165, 1.54) is 0 Å². The number of nitrogen functional groups attached to an aromatic ring is 1. The zero-order valence-electron chi connectivity index (χ0n) is 11.5. The fourth-order valence-electron chi connectivity index (χ4n) is 2.94. The largest absolute Gasteiger partial charge is 0.398 e. The average Bonchev–Trinajstić information content (AvgIpc) is 2.96. The lowest BCUT2D eigenvalue weighted by molar-refractivity contribution is -0.121. The van der Waals surface area contributed by atoms with Gasteiger partial charge in [-0.15, -0.1) is 0 Å². The first-order chi connectivity index (χ1) is 9.72. The second-order valence-corrected chi connectivity index (χ2v) is 5.06. The zero-order valence-corrected chi connectivity index (χ0v) is 11.5. The second-order valence-electron chi connectivity index (χ2n) is 5.06. The molecule has 20 heavy (non-hydrogen) atoms. The molecule has 1 fully saturated rings. The molecule has 1 aromatic heterocycles. The lowest BCUT2D eigenvalue weighted by Crippen LogP contribution is -2.42. The third-order valence-corrected chi connectivity index (χ3v) is 3.94. The number of hydrogen-bond acceptors (Lipinski definition) is 4. The smallest absolute Gasteiger partial charge is 0.242 e. The third kappa shape index (κ3) is 1.95. The highest BCUT2D eigenvalue weighted by Gasteiger charge is 2.31. The summed E-state index contributed by atoms with van der Waals surface area (Å²) in [5.41, 5.74) is 7.79. The summed E-state index contributed by atoms with van der Waals surface area (Å²) in [5.74, 6) is 0.0661. The van der Waals surface area contributed by atoms with Crippen LogP contribution in [0.15, 0.2) is 30.6 Å². The highest BCUT2D eigenvalue weighted by Crippen LogP contribution is 2.34. The van der Waals surface area contributed by atoms with Gasteiger partial charge in [0.15, 0.2) is 0 Å². The predicted molar refractivity (Wildman–Crippen MR) is 80.6 cm³/mol. The fraction of sp³-hybridized carbons (Fsp3) is 0.333. The Kier molecular flexibility index (Phi) is 3.18. The van der Waals surface area contributed by atoms with Crippen molar-refractivity contribution in [2.45, 2.75) is 18.9 Å². The van der Waals surface area contributed by atoms with E-state index in [1.54, 1.807) is 13.2 Å². The molecule has 2 aromatic rings. The number of carbonyl (C=O) groups is 1. The number of nitrogens with one attached hydrogen (secondary N) is 1. The molecule has 3 rings (SSSR count). The lowest BCUT2D eigenvalue weighted by Gasteiger charge is -2.27. The van der Waals surface area contributed by atoms with Crippen LogP contribution in [0, 0.1) is 0 Å². The third-order valence-electron chi connectivity index (χ3n) is 3.94. The SMILES string of the molecule is CNC(=O)C1CCCN1c1ccc(N)c2ccncc12. The van der Waals surface area contributed by atoms with Crippen LogP contribution in [0.4, 0.5) is 11.4 Å². The molecule has 0 bridgehead atoms. The number of nitrogens with two attached hydrogens (primary N) is 1. The maximum absolute atomic E-state index is 12.0. The number of benzene rings is 1. The minimum Gasteiger partial charge on any atom is -0.398 e. The standard InChI is InChI=1S/C15H18N4O/c1-17-15(20)14-3-2-8-19(14)13-5-4-12(16)10-6-7-18-9-11(10)13/h4-7,9,14H,2-3,8,16H2,1H3,(H,17,20). The Morgan fingerprint density at radius 2 is 2.25 bits per heavy atom. The molecule has 1 atom stereocenters. The molecule has 1 aliphatic rings. The Hall–Kier alpha value is -2.30. The first-order valence-corrected chi connectivity index (χ1v) is 6.83. The molecule has 0 spiro atoms. The van der Waals surface area contributed by atoms with E-state index in [4.69, 9.17) is 5.73 Å². The van der Waals surface area contributed by atoms with E-state index in [2.05, 4.69) is 15.2 Å². The molecule has 1 amide bonds. The first-order valence-electron chi connectivity index (χ1n) is 6.83. The molecule has 3 N–H and O–H groups in total. The molecule has 5 nitrogen and oxygen atoms in total. The molecule has 0 aliphatic carbocycles. The maximum Gasteiger partial charge on any atom is 0.242 e. The number of hydrogen-bond donors (Lipinski definition) is 2. The quantitative estimate of drug-likeness (QED) is 0.812. The van der Waals surface area contributed by atoms with Gasteiger partial charge in [0.25, 0.3) is 0 Å². The molecule has 104 valence electrons. The van der Waals surface area contributed by atoms with Crippen molar-refractivity contribution in [2.24, 2.45) is 0 Å². The molecule has 1 unspecified atom stereocenters. The molecule has 2 heterocycles.